The Morgan fingerprint density at radius 1 is 0.946 bits per heavy atom. The van der Waals surface area contributed by atoms with Crippen LogP contribution in [0.4, 0.5) is 5.69 Å². The number of hydrogen-bond acceptors (Lipinski definition) is 5. The maximum Gasteiger partial charge on any atom is 0.252 e. The number of pyridine rings is 1. The molecule has 2 aliphatic rings. The summed E-state index contributed by atoms with van der Waals surface area (Å²) in [5.41, 5.74) is 4.53. The summed E-state index contributed by atoms with van der Waals surface area (Å²) in [6, 6.07) is 14.6. The van der Waals surface area contributed by atoms with Crippen molar-refractivity contribution in [2.45, 2.75) is 30.3 Å². The molecule has 2 aromatic carbocycles. The fourth-order valence-electron chi connectivity index (χ4n) is 4.89. The van der Waals surface area contributed by atoms with Crippen molar-refractivity contribution in [3.63, 3.8) is 0 Å². The molecule has 196 valence electrons. The lowest BCUT2D eigenvalue weighted by Crippen LogP contribution is -2.60. The van der Waals surface area contributed by atoms with Crippen LogP contribution >= 0.6 is 23.2 Å². The van der Waals surface area contributed by atoms with E-state index >= 15 is 0 Å². The Balaban J connectivity index is 1.16. The van der Waals surface area contributed by atoms with Crippen LogP contribution < -0.4 is 14.9 Å². The molecule has 0 radical (unpaired) electrons. The second-order valence-electron chi connectivity index (χ2n) is 9.41. The van der Waals surface area contributed by atoms with Gasteiger partial charge in [-0.1, -0.05) is 23.7 Å². The molecule has 2 saturated heterocycles. The molecule has 2 aliphatic heterocycles. The molecular formula is C26H30Cl2N5O3S+. The highest BCUT2D eigenvalue weighted by Gasteiger charge is 2.34. The molecule has 37 heavy (non-hydrogen) atoms. The first-order chi connectivity index (χ1) is 17.8. The van der Waals surface area contributed by atoms with Crippen molar-refractivity contribution >= 4 is 55.6 Å². The van der Waals surface area contributed by atoms with Crippen LogP contribution in [-0.4, -0.2) is 68.3 Å². The number of alkyl halides is 1. The molecule has 1 amide bonds. The van der Waals surface area contributed by atoms with Crippen LogP contribution in [0, 0.1) is 0 Å². The second-order valence-corrected chi connectivity index (χ2v) is 12.2. The van der Waals surface area contributed by atoms with Gasteiger partial charge in [0.15, 0.2) is 18.9 Å². The number of carbonyl (C=O) groups excluding carboxylic acids is 1. The zero-order chi connectivity index (χ0) is 26.0. The van der Waals surface area contributed by atoms with Gasteiger partial charge in [-0.05, 0) is 47.9 Å². The van der Waals surface area contributed by atoms with Gasteiger partial charge >= 0.3 is 0 Å². The van der Waals surface area contributed by atoms with Crippen molar-refractivity contribution < 1.29 is 17.8 Å². The number of hydrogen-bond donors (Lipinski definition) is 1. The third-order valence-corrected chi connectivity index (χ3v) is 9.26. The third kappa shape index (κ3) is 5.86. The second kappa shape index (κ2) is 11.1. The Kier molecular flexibility index (Phi) is 7.88. The van der Waals surface area contributed by atoms with E-state index in [0.717, 1.165) is 43.2 Å². The topological polar surface area (TPSA) is 76.8 Å². The number of fused-ring (bicyclic) bond motifs is 1. The van der Waals surface area contributed by atoms with Gasteiger partial charge in [-0.15, -0.1) is 11.6 Å². The molecule has 0 spiro atoms. The molecule has 1 N–H and O–H groups in total. The van der Waals surface area contributed by atoms with E-state index in [1.165, 1.54) is 9.99 Å². The molecule has 8 nitrogen and oxygen atoms in total. The van der Waals surface area contributed by atoms with E-state index in [9.17, 15) is 13.2 Å². The number of aryl methyl sites for hydroxylation is 1. The molecule has 0 atom stereocenters. The summed E-state index contributed by atoms with van der Waals surface area (Å²) in [7, 11) is -3.79. The summed E-state index contributed by atoms with van der Waals surface area (Å²) < 4.78 is 29.9. The van der Waals surface area contributed by atoms with Crippen molar-refractivity contribution in [2.75, 3.05) is 43.5 Å². The number of nitrogens with one attached hydrogen (secondary N) is 1. The fraction of sp³-hybridized carbons (Fsp3) is 0.385. The van der Waals surface area contributed by atoms with Gasteiger partial charge in [-0.3, -0.25) is 9.80 Å². The smallest absolute Gasteiger partial charge is 0.252 e. The summed E-state index contributed by atoms with van der Waals surface area (Å²) in [5, 5.41) is 3.84. The zero-order valence-electron chi connectivity index (χ0n) is 20.4. The Morgan fingerprint density at radius 2 is 1.65 bits per heavy atom. The standard InChI is InChI=1S/C26H30Cl2N5O3S/c27-9-14-30-10-7-24(8-11-30)31-12-5-23(6-13-31)29-33-16-15-32(19-26(33)34)37(35,36)25-4-2-20-17-22(28)3-1-21(20)18-25/h1-4,7-8,10-11,17-18,23,29H,5-6,9,12-16,19H2/q+1. The summed E-state index contributed by atoms with van der Waals surface area (Å²) in [6.45, 7) is 2.92. The average molecular weight is 564 g/mol. The van der Waals surface area contributed by atoms with Crippen molar-refractivity contribution in [1.29, 1.82) is 0 Å². The van der Waals surface area contributed by atoms with Crippen molar-refractivity contribution in [2.24, 2.45) is 0 Å². The van der Waals surface area contributed by atoms with E-state index in [2.05, 4.69) is 27.0 Å². The van der Waals surface area contributed by atoms with E-state index < -0.39 is 10.0 Å². The molecule has 5 rings (SSSR count). The lowest BCUT2D eigenvalue weighted by Gasteiger charge is -2.39. The van der Waals surface area contributed by atoms with Gasteiger partial charge in [0.1, 0.15) is 0 Å². The van der Waals surface area contributed by atoms with Crippen LogP contribution in [0.3, 0.4) is 0 Å². The van der Waals surface area contributed by atoms with Crippen LogP contribution in [0.25, 0.3) is 10.8 Å². The number of piperidine rings is 1. The van der Waals surface area contributed by atoms with Gasteiger partial charge in [0.2, 0.25) is 10.0 Å². The molecule has 3 aromatic rings. The first-order valence-corrected chi connectivity index (χ1v) is 14.7. The summed E-state index contributed by atoms with van der Waals surface area (Å²) >= 11 is 11.8. The normalized spacial score (nSPS) is 18.1. The SMILES string of the molecule is O=C1CN(S(=O)(=O)c2ccc3cc(Cl)ccc3c2)CCN1NC1CCN(c2cc[n+](CCCl)cc2)CC1. The van der Waals surface area contributed by atoms with Gasteiger partial charge in [-0.2, -0.15) is 4.31 Å². The van der Waals surface area contributed by atoms with E-state index in [1.807, 2.05) is 12.4 Å². The van der Waals surface area contributed by atoms with E-state index in [4.69, 9.17) is 23.2 Å². The van der Waals surface area contributed by atoms with E-state index in [1.54, 1.807) is 41.4 Å². The number of halogens is 2. The lowest BCUT2D eigenvalue weighted by molar-refractivity contribution is -0.692. The van der Waals surface area contributed by atoms with Crippen LogP contribution in [0.1, 0.15) is 12.8 Å². The number of benzene rings is 2. The molecule has 3 heterocycles. The first-order valence-electron chi connectivity index (χ1n) is 12.4. The molecule has 0 aliphatic carbocycles. The zero-order valence-corrected chi connectivity index (χ0v) is 22.7. The van der Waals surface area contributed by atoms with E-state index in [-0.39, 0.29) is 29.9 Å². The number of nitrogens with zero attached hydrogens (tertiary/aromatic N) is 4. The number of anilines is 1. The molecule has 0 unspecified atom stereocenters. The minimum Gasteiger partial charge on any atom is -0.371 e. The summed E-state index contributed by atoms with van der Waals surface area (Å²) in [4.78, 5) is 15.4. The van der Waals surface area contributed by atoms with Gasteiger partial charge in [0.25, 0.3) is 5.91 Å². The quantitative estimate of drug-likeness (QED) is 0.354. The minimum absolute atomic E-state index is 0.167. The number of aromatic nitrogens is 1. The molecule has 0 bridgehead atoms. The van der Waals surface area contributed by atoms with Crippen LogP contribution in [0.15, 0.2) is 65.8 Å². The largest absolute Gasteiger partial charge is 0.371 e. The molecule has 0 saturated carbocycles. The highest BCUT2D eigenvalue weighted by atomic mass is 35.5. The fourth-order valence-corrected chi connectivity index (χ4v) is 6.68. The number of piperazine rings is 1. The number of sulfonamides is 1. The lowest BCUT2D eigenvalue weighted by atomic mass is 10.1. The van der Waals surface area contributed by atoms with Gasteiger partial charge in [0.05, 0.1) is 23.9 Å². The van der Waals surface area contributed by atoms with Gasteiger partial charge in [0, 0.05) is 48.5 Å². The van der Waals surface area contributed by atoms with Gasteiger partial charge < -0.3 is 4.90 Å². The van der Waals surface area contributed by atoms with Crippen LogP contribution in [0.2, 0.25) is 5.02 Å². The monoisotopic (exact) mass is 562 g/mol. The van der Waals surface area contributed by atoms with Crippen molar-refractivity contribution in [3.8, 4) is 0 Å². The summed E-state index contributed by atoms with van der Waals surface area (Å²) in [5.74, 6) is 0.343. The predicted octanol–water partition coefficient (Wildman–Crippen LogP) is 3.03. The van der Waals surface area contributed by atoms with Crippen molar-refractivity contribution in [3.05, 3.63) is 65.9 Å². The van der Waals surface area contributed by atoms with Crippen LogP contribution in [0.5, 0.6) is 0 Å². The molecule has 2 fully saturated rings. The number of amides is 1. The van der Waals surface area contributed by atoms with Gasteiger partial charge in [-0.25, -0.2) is 18.4 Å². The van der Waals surface area contributed by atoms with E-state index in [0.29, 0.717) is 17.4 Å². The highest BCUT2D eigenvalue weighted by Crippen LogP contribution is 2.25. The average Bonchev–Trinajstić information content (AvgIpc) is 2.90. The number of rotatable bonds is 7. The molecule has 1 aromatic heterocycles. The predicted molar refractivity (Wildman–Crippen MR) is 145 cm³/mol. The Morgan fingerprint density at radius 3 is 2.35 bits per heavy atom. The molecular weight excluding hydrogens is 533 g/mol. The number of hydrazine groups is 1. The maximum atomic E-state index is 13.3. The number of carbonyl (C=O) groups is 1. The minimum atomic E-state index is -3.79. The van der Waals surface area contributed by atoms with Crippen molar-refractivity contribution in [1.82, 2.24) is 14.7 Å². The highest BCUT2D eigenvalue weighted by molar-refractivity contribution is 7.89. The Bertz CT molecular complexity index is 1380. The maximum absolute atomic E-state index is 13.3. The Labute approximate surface area is 227 Å². The third-order valence-electron chi connectivity index (χ3n) is 7.01. The molecule has 11 heteroatoms. The summed E-state index contributed by atoms with van der Waals surface area (Å²) in [6.07, 6.45) is 5.87. The first kappa shape index (κ1) is 26.2. The van der Waals surface area contributed by atoms with Crippen LogP contribution in [-0.2, 0) is 21.4 Å². The Hall–Kier alpha value is -2.43.